The Balaban J connectivity index is 2.06. The zero-order valence-electron chi connectivity index (χ0n) is 14.1. The second-order valence-corrected chi connectivity index (χ2v) is 6.25. The third-order valence-corrected chi connectivity index (χ3v) is 3.87. The van der Waals surface area contributed by atoms with Crippen LogP contribution in [0.3, 0.4) is 0 Å². The molecule has 0 atom stereocenters. The summed E-state index contributed by atoms with van der Waals surface area (Å²) in [7, 11) is 0. The van der Waals surface area contributed by atoms with Gasteiger partial charge in [-0.1, -0.05) is 12.1 Å². The summed E-state index contributed by atoms with van der Waals surface area (Å²) >= 11 is 1.20. The number of hydrogen-bond donors (Lipinski definition) is 2. The summed E-state index contributed by atoms with van der Waals surface area (Å²) in [6.07, 6.45) is 2.70. The van der Waals surface area contributed by atoms with Gasteiger partial charge in [-0.3, -0.25) is 19.7 Å². The molecular formula is C17H16N4O4S. The third kappa shape index (κ3) is 5.35. The van der Waals surface area contributed by atoms with E-state index in [1.165, 1.54) is 41.7 Å². The number of hydrogen-bond acceptors (Lipinski definition) is 6. The van der Waals surface area contributed by atoms with E-state index in [1.54, 1.807) is 31.4 Å². The fraction of sp³-hybridized carbons (Fsp3) is 0.118. The molecule has 1 aromatic heterocycles. The number of carbonyl (C=O) groups excluding carboxylic acids is 2. The molecule has 0 aliphatic heterocycles. The largest absolute Gasteiger partial charge is 0.313 e. The molecule has 26 heavy (non-hydrogen) atoms. The van der Waals surface area contributed by atoms with Crippen LogP contribution in [-0.4, -0.2) is 22.4 Å². The van der Waals surface area contributed by atoms with Crippen LogP contribution in [0.4, 0.5) is 10.7 Å². The second kappa shape index (κ2) is 8.67. The highest BCUT2D eigenvalue weighted by molar-refractivity contribution is 7.14. The van der Waals surface area contributed by atoms with Crippen LogP contribution in [0.25, 0.3) is 6.08 Å². The van der Waals surface area contributed by atoms with E-state index in [1.807, 2.05) is 0 Å². The van der Waals surface area contributed by atoms with Crippen LogP contribution in [-0.2, 0) is 4.79 Å². The van der Waals surface area contributed by atoms with Crippen molar-refractivity contribution in [3.63, 3.8) is 0 Å². The van der Waals surface area contributed by atoms with Crippen molar-refractivity contribution in [2.45, 2.75) is 13.8 Å². The number of benzene rings is 1. The summed E-state index contributed by atoms with van der Waals surface area (Å²) in [4.78, 5) is 34.4. The topological polar surface area (TPSA) is 114 Å². The van der Waals surface area contributed by atoms with Crippen molar-refractivity contribution in [2.24, 2.45) is 5.10 Å². The van der Waals surface area contributed by atoms with Crippen LogP contribution in [0.1, 0.15) is 29.8 Å². The molecule has 8 nitrogen and oxygen atoms in total. The third-order valence-electron chi connectivity index (χ3n) is 3.04. The molecule has 134 valence electrons. The van der Waals surface area contributed by atoms with Gasteiger partial charge in [0, 0.05) is 23.9 Å². The molecule has 0 spiro atoms. The van der Waals surface area contributed by atoms with Gasteiger partial charge in [0.25, 0.3) is 11.6 Å². The van der Waals surface area contributed by atoms with E-state index in [0.717, 1.165) is 0 Å². The lowest BCUT2D eigenvalue weighted by atomic mass is 10.2. The van der Waals surface area contributed by atoms with Gasteiger partial charge in [0.1, 0.15) is 5.00 Å². The minimum atomic E-state index is -0.506. The van der Waals surface area contributed by atoms with Crippen molar-refractivity contribution < 1.29 is 14.5 Å². The highest BCUT2D eigenvalue weighted by Gasteiger charge is 2.14. The Labute approximate surface area is 153 Å². The number of amides is 2. The molecular weight excluding hydrogens is 356 g/mol. The maximum atomic E-state index is 12.1. The Morgan fingerprint density at radius 3 is 2.73 bits per heavy atom. The van der Waals surface area contributed by atoms with Gasteiger partial charge in [-0.15, -0.1) is 11.3 Å². The van der Waals surface area contributed by atoms with Crippen molar-refractivity contribution in [1.82, 2.24) is 5.43 Å². The zero-order valence-corrected chi connectivity index (χ0v) is 14.9. The number of non-ortho nitro benzene ring substituents is 1. The van der Waals surface area contributed by atoms with Crippen LogP contribution in [0.2, 0.25) is 0 Å². The van der Waals surface area contributed by atoms with Crippen LogP contribution < -0.4 is 10.7 Å². The smallest absolute Gasteiger partial charge is 0.274 e. The second-order valence-electron chi connectivity index (χ2n) is 5.34. The number of thiophene rings is 1. The summed E-state index contributed by atoms with van der Waals surface area (Å²) in [5.74, 6) is -0.881. The molecule has 2 rings (SSSR count). The lowest BCUT2D eigenvalue weighted by Gasteiger charge is -2.03. The zero-order chi connectivity index (χ0) is 19.1. The minimum Gasteiger partial charge on any atom is -0.313 e. The molecule has 9 heteroatoms. The Morgan fingerprint density at radius 1 is 1.27 bits per heavy atom. The molecule has 0 bridgehead atoms. The molecule has 0 saturated carbocycles. The van der Waals surface area contributed by atoms with Crippen molar-refractivity contribution in [1.29, 1.82) is 0 Å². The van der Waals surface area contributed by atoms with E-state index in [4.69, 9.17) is 0 Å². The van der Waals surface area contributed by atoms with Crippen molar-refractivity contribution in [2.75, 3.05) is 5.32 Å². The maximum absolute atomic E-state index is 12.1. The molecule has 0 fully saturated rings. The average molecular weight is 372 g/mol. The molecule has 1 aromatic carbocycles. The van der Waals surface area contributed by atoms with Crippen LogP contribution in [0, 0.1) is 10.1 Å². The number of rotatable bonds is 6. The number of nitro benzene ring substituents is 1. The van der Waals surface area contributed by atoms with Gasteiger partial charge < -0.3 is 5.32 Å². The number of anilines is 1. The van der Waals surface area contributed by atoms with E-state index in [9.17, 15) is 19.7 Å². The number of nitrogens with one attached hydrogen (secondary N) is 2. The van der Waals surface area contributed by atoms with E-state index < -0.39 is 16.7 Å². The fourth-order valence-electron chi connectivity index (χ4n) is 1.88. The van der Waals surface area contributed by atoms with E-state index in [0.29, 0.717) is 21.8 Å². The lowest BCUT2D eigenvalue weighted by Crippen LogP contribution is -2.20. The first kappa shape index (κ1) is 19.0. The molecule has 0 radical (unpaired) electrons. The molecule has 2 aromatic rings. The number of nitro groups is 1. The molecule has 0 aliphatic rings. The molecule has 0 unspecified atom stereocenters. The van der Waals surface area contributed by atoms with Crippen LogP contribution in [0.5, 0.6) is 0 Å². The standard InChI is InChI=1S/C17H16N4O4S/c1-11(2)19-20-16(23)14-8-9-26-17(14)18-15(22)7-6-12-4-3-5-13(10-12)21(24)25/h3-10H,1-2H3,(H,18,22)(H,20,23)/b7-6+. The van der Waals surface area contributed by atoms with Gasteiger partial charge >= 0.3 is 0 Å². The van der Waals surface area contributed by atoms with Gasteiger partial charge in [0.05, 0.1) is 10.5 Å². The Morgan fingerprint density at radius 2 is 2.04 bits per heavy atom. The van der Waals surface area contributed by atoms with Crippen LogP contribution in [0.15, 0.2) is 46.9 Å². The van der Waals surface area contributed by atoms with E-state index in [2.05, 4.69) is 15.8 Å². The van der Waals surface area contributed by atoms with Gasteiger partial charge in [-0.05, 0) is 36.9 Å². The van der Waals surface area contributed by atoms with Gasteiger partial charge in [0.15, 0.2) is 0 Å². The van der Waals surface area contributed by atoms with Crippen molar-refractivity contribution in [3.8, 4) is 0 Å². The summed E-state index contributed by atoms with van der Waals surface area (Å²) in [6.45, 7) is 3.49. The summed E-state index contributed by atoms with van der Waals surface area (Å²) < 4.78 is 0. The highest BCUT2D eigenvalue weighted by Crippen LogP contribution is 2.23. The predicted octanol–water partition coefficient (Wildman–Crippen LogP) is 3.43. The summed E-state index contributed by atoms with van der Waals surface area (Å²) in [5, 5.41) is 19.3. The first-order valence-corrected chi connectivity index (χ1v) is 8.37. The molecule has 2 amide bonds. The van der Waals surface area contributed by atoms with Gasteiger partial charge in [0.2, 0.25) is 5.91 Å². The summed E-state index contributed by atoms with van der Waals surface area (Å²) in [6, 6.07) is 7.49. The first-order chi connectivity index (χ1) is 12.4. The normalized spacial score (nSPS) is 10.4. The monoisotopic (exact) mass is 372 g/mol. The maximum Gasteiger partial charge on any atom is 0.274 e. The van der Waals surface area contributed by atoms with E-state index >= 15 is 0 Å². The number of hydrazone groups is 1. The quantitative estimate of drug-likeness (QED) is 0.350. The molecule has 0 saturated heterocycles. The number of nitrogens with zero attached hydrogens (tertiary/aromatic N) is 2. The molecule has 0 aliphatic carbocycles. The molecule has 1 heterocycles. The van der Waals surface area contributed by atoms with E-state index in [-0.39, 0.29) is 5.69 Å². The van der Waals surface area contributed by atoms with Gasteiger partial charge in [-0.25, -0.2) is 5.43 Å². The minimum absolute atomic E-state index is 0.0588. The van der Waals surface area contributed by atoms with Crippen molar-refractivity contribution >= 4 is 45.6 Å². The van der Waals surface area contributed by atoms with Crippen molar-refractivity contribution in [3.05, 3.63) is 63.0 Å². The van der Waals surface area contributed by atoms with Crippen LogP contribution >= 0.6 is 11.3 Å². The average Bonchev–Trinajstić information content (AvgIpc) is 3.06. The summed E-state index contributed by atoms with van der Waals surface area (Å²) in [5.41, 5.74) is 3.85. The molecule has 2 N–H and O–H groups in total. The Bertz CT molecular complexity index is 898. The Hall–Kier alpha value is -3.33. The van der Waals surface area contributed by atoms with Gasteiger partial charge in [-0.2, -0.15) is 5.10 Å². The first-order valence-electron chi connectivity index (χ1n) is 7.49. The SMILES string of the molecule is CC(C)=NNC(=O)c1ccsc1NC(=O)/C=C/c1cccc([N+](=O)[O-])c1. The number of carbonyl (C=O) groups is 2. The lowest BCUT2D eigenvalue weighted by molar-refractivity contribution is -0.384. The fourth-order valence-corrected chi connectivity index (χ4v) is 2.66. The highest BCUT2D eigenvalue weighted by atomic mass is 32.1. The Kier molecular flexibility index (Phi) is 6.34. The predicted molar refractivity (Wildman–Crippen MR) is 101 cm³/mol.